The number of carbonyl (C=O) groups excluding carboxylic acids is 1. The molecule has 0 atom stereocenters. The first-order valence-electron chi connectivity index (χ1n) is 6.43. The van der Waals surface area contributed by atoms with Gasteiger partial charge in [-0.15, -0.1) is 0 Å². The fourth-order valence-corrected chi connectivity index (χ4v) is 1.81. The Morgan fingerprint density at radius 3 is 2.12 bits per heavy atom. The third-order valence-corrected chi connectivity index (χ3v) is 4.23. The average molecular weight is 241 g/mol. The first-order chi connectivity index (χ1) is 7.64. The molecule has 1 rings (SSSR count). The molecule has 0 saturated carbocycles. The summed E-state index contributed by atoms with van der Waals surface area (Å²) in [6, 6.07) is 0.306. The molecule has 4 nitrogen and oxygen atoms in total. The van der Waals surface area contributed by atoms with Gasteiger partial charge in [0.1, 0.15) is 0 Å². The summed E-state index contributed by atoms with van der Waals surface area (Å²) in [6.45, 7) is 9.74. The minimum absolute atomic E-state index is 0.0690. The lowest BCUT2D eigenvalue weighted by molar-refractivity contribution is -0.133. The van der Waals surface area contributed by atoms with E-state index in [4.69, 9.17) is 5.73 Å². The zero-order valence-corrected chi connectivity index (χ0v) is 11.8. The SMILES string of the molecule is CN1CCC(NC(=O)C(C)(C)C(C)(C)N)CC1. The van der Waals surface area contributed by atoms with E-state index in [2.05, 4.69) is 17.3 Å². The van der Waals surface area contributed by atoms with Crippen molar-refractivity contribution in [3.8, 4) is 0 Å². The summed E-state index contributed by atoms with van der Waals surface area (Å²) in [5, 5.41) is 3.14. The van der Waals surface area contributed by atoms with Crippen LogP contribution in [0.3, 0.4) is 0 Å². The molecule has 0 aliphatic carbocycles. The van der Waals surface area contributed by atoms with Gasteiger partial charge in [-0.25, -0.2) is 0 Å². The highest BCUT2D eigenvalue weighted by atomic mass is 16.2. The minimum Gasteiger partial charge on any atom is -0.353 e. The number of rotatable bonds is 3. The van der Waals surface area contributed by atoms with Gasteiger partial charge in [-0.05, 0) is 60.7 Å². The molecule has 0 radical (unpaired) electrons. The molecule has 1 fully saturated rings. The van der Waals surface area contributed by atoms with Gasteiger partial charge in [0, 0.05) is 11.6 Å². The van der Waals surface area contributed by atoms with Gasteiger partial charge in [0.15, 0.2) is 0 Å². The first-order valence-corrected chi connectivity index (χ1v) is 6.43. The fraction of sp³-hybridized carbons (Fsp3) is 0.923. The predicted octanol–water partition coefficient (Wildman–Crippen LogP) is 0.960. The van der Waals surface area contributed by atoms with E-state index in [1.54, 1.807) is 0 Å². The standard InChI is InChI=1S/C13H27N3O/c1-12(2,13(3,4)14)11(17)15-10-6-8-16(5)9-7-10/h10H,6-9,14H2,1-5H3,(H,15,17). The molecule has 1 aliphatic rings. The highest BCUT2D eigenvalue weighted by Crippen LogP contribution is 2.28. The molecule has 1 heterocycles. The van der Waals surface area contributed by atoms with Crippen molar-refractivity contribution in [2.75, 3.05) is 20.1 Å². The lowest BCUT2D eigenvalue weighted by atomic mass is 9.74. The van der Waals surface area contributed by atoms with Crippen LogP contribution in [0.4, 0.5) is 0 Å². The van der Waals surface area contributed by atoms with Crippen LogP contribution in [-0.4, -0.2) is 42.5 Å². The van der Waals surface area contributed by atoms with Crippen molar-refractivity contribution in [3.63, 3.8) is 0 Å². The van der Waals surface area contributed by atoms with E-state index in [1.165, 1.54) is 0 Å². The molecule has 1 amide bonds. The summed E-state index contributed by atoms with van der Waals surface area (Å²) in [5.41, 5.74) is 5.02. The number of carbonyl (C=O) groups is 1. The maximum atomic E-state index is 12.3. The molecule has 1 saturated heterocycles. The van der Waals surface area contributed by atoms with Gasteiger partial charge in [-0.1, -0.05) is 0 Å². The summed E-state index contributed by atoms with van der Waals surface area (Å²) >= 11 is 0. The van der Waals surface area contributed by atoms with Gasteiger partial charge < -0.3 is 16.0 Å². The summed E-state index contributed by atoms with van der Waals surface area (Å²) in [6.07, 6.45) is 2.06. The van der Waals surface area contributed by atoms with Crippen molar-refractivity contribution in [2.45, 2.75) is 52.1 Å². The summed E-state index contributed by atoms with van der Waals surface area (Å²) < 4.78 is 0. The zero-order valence-electron chi connectivity index (χ0n) is 11.8. The lowest BCUT2D eigenvalue weighted by Gasteiger charge is -2.39. The third-order valence-electron chi connectivity index (χ3n) is 4.23. The normalized spacial score (nSPS) is 20.4. The molecule has 0 aromatic rings. The molecule has 100 valence electrons. The van der Waals surface area contributed by atoms with E-state index in [0.29, 0.717) is 6.04 Å². The Labute approximate surface area is 105 Å². The van der Waals surface area contributed by atoms with E-state index in [9.17, 15) is 4.79 Å². The van der Waals surface area contributed by atoms with Gasteiger partial charge >= 0.3 is 0 Å². The average Bonchev–Trinajstić information content (AvgIpc) is 2.19. The maximum absolute atomic E-state index is 12.3. The summed E-state index contributed by atoms with van der Waals surface area (Å²) in [4.78, 5) is 14.5. The van der Waals surface area contributed by atoms with Crippen molar-refractivity contribution in [2.24, 2.45) is 11.1 Å². The summed E-state index contributed by atoms with van der Waals surface area (Å²) in [5.74, 6) is 0.0690. The first kappa shape index (κ1) is 14.5. The molecular formula is C13H27N3O. The van der Waals surface area contributed by atoms with E-state index in [-0.39, 0.29) is 5.91 Å². The molecule has 0 bridgehead atoms. The lowest BCUT2D eigenvalue weighted by Crippen LogP contribution is -2.57. The highest BCUT2D eigenvalue weighted by Gasteiger charge is 2.41. The van der Waals surface area contributed by atoms with Crippen LogP contribution in [0, 0.1) is 5.41 Å². The number of nitrogens with zero attached hydrogens (tertiary/aromatic N) is 1. The second-order valence-corrected chi connectivity index (χ2v) is 6.40. The summed E-state index contributed by atoms with van der Waals surface area (Å²) in [7, 11) is 2.12. The van der Waals surface area contributed by atoms with Crippen LogP contribution in [-0.2, 0) is 4.79 Å². The van der Waals surface area contributed by atoms with Crippen LogP contribution in [0.2, 0.25) is 0 Å². The molecule has 0 unspecified atom stereocenters. The molecule has 0 spiro atoms. The van der Waals surface area contributed by atoms with Crippen LogP contribution >= 0.6 is 0 Å². The van der Waals surface area contributed by atoms with Gasteiger partial charge in [0.25, 0.3) is 0 Å². The van der Waals surface area contributed by atoms with Crippen LogP contribution in [0.1, 0.15) is 40.5 Å². The largest absolute Gasteiger partial charge is 0.353 e. The monoisotopic (exact) mass is 241 g/mol. The number of nitrogens with one attached hydrogen (secondary N) is 1. The van der Waals surface area contributed by atoms with Crippen molar-refractivity contribution >= 4 is 5.91 Å². The van der Waals surface area contributed by atoms with E-state index in [0.717, 1.165) is 25.9 Å². The Morgan fingerprint density at radius 2 is 1.71 bits per heavy atom. The molecule has 0 aromatic heterocycles. The highest BCUT2D eigenvalue weighted by molar-refractivity contribution is 5.83. The number of piperidine rings is 1. The number of hydrogen-bond acceptors (Lipinski definition) is 3. The minimum atomic E-state index is -0.545. The van der Waals surface area contributed by atoms with E-state index in [1.807, 2.05) is 27.7 Å². The van der Waals surface area contributed by atoms with Crippen molar-refractivity contribution < 1.29 is 4.79 Å². The van der Waals surface area contributed by atoms with E-state index < -0.39 is 11.0 Å². The number of likely N-dealkylation sites (tertiary alicyclic amines) is 1. The Balaban J connectivity index is 2.55. The van der Waals surface area contributed by atoms with Crippen LogP contribution in [0.25, 0.3) is 0 Å². The number of nitrogens with two attached hydrogens (primary N) is 1. The number of hydrogen-bond donors (Lipinski definition) is 2. The van der Waals surface area contributed by atoms with Crippen molar-refractivity contribution in [1.82, 2.24) is 10.2 Å². The van der Waals surface area contributed by atoms with Crippen molar-refractivity contribution in [1.29, 1.82) is 0 Å². The maximum Gasteiger partial charge on any atom is 0.227 e. The second-order valence-electron chi connectivity index (χ2n) is 6.40. The molecule has 1 aliphatic heterocycles. The topological polar surface area (TPSA) is 58.4 Å². The molecular weight excluding hydrogens is 214 g/mol. The van der Waals surface area contributed by atoms with Gasteiger partial charge in [-0.2, -0.15) is 0 Å². The molecule has 3 N–H and O–H groups in total. The molecule has 0 aromatic carbocycles. The Kier molecular flexibility index (Phi) is 4.20. The Bertz CT molecular complexity index is 273. The number of amides is 1. The van der Waals surface area contributed by atoms with Gasteiger partial charge in [-0.3, -0.25) is 4.79 Å². The van der Waals surface area contributed by atoms with Crippen LogP contribution < -0.4 is 11.1 Å². The molecule has 17 heavy (non-hydrogen) atoms. The Morgan fingerprint density at radius 1 is 1.24 bits per heavy atom. The van der Waals surface area contributed by atoms with E-state index >= 15 is 0 Å². The Hall–Kier alpha value is -0.610. The zero-order chi connectivity index (χ0) is 13.3. The van der Waals surface area contributed by atoms with Crippen molar-refractivity contribution in [3.05, 3.63) is 0 Å². The fourth-order valence-electron chi connectivity index (χ4n) is 1.81. The quantitative estimate of drug-likeness (QED) is 0.774. The van der Waals surface area contributed by atoms with Gasteiger partial charge in [0.2, 0.25) is 5.91 Å². The molecule has 4 heteroatoms. The smallest absolute Gasteiger partial charge is 0.227 e. The third kappa shape index (κ3) is 3.42. The van der Waals surface area contributed by atoms with Crippen LogP contribution in [0.15, 0.2) is 0 Å². The van der Waals surface area contributed by atoms with Crippen LogP contribution in [0.5, 0.6) is 0 Å². The second kappa shape index (κ2) is 4.94. The van der Waals surface area contributed by atoms with Gasteiger partial charge in [0.05, 0.1) is 5.41 Å². The predicted molar refractivity (Wildman–Crippen MR) is 70.7 cm³/mol.